The fraction of sp³-hybridized carbons (Fsp3) is 0.231. The average Bonchev–Trinajstić information content (AvgIpc) is 3.21. The molecule has 1 atom stereocenters. The number of hydrogen-bond acceptors (Lipinski definition) is 3. The monoisotopic (exact) mass is 414 g/mol. The van der Waals surface area contributed by atoms with Crippen LogP contribution in [0, 0.1) is 5.82 Å². The van der Waals surface area contributed by atoms with Crippen LogP contribution in [0.2, 0.25) is 0 Å². The largest absolute Gasteiger partial charge is 0.309 e. The summed E-state index contributed by atoms with van der Waals surface area (Å²) >= 11 is 0. The molecule has 158 valence electrons. The third-order valence-corrected chi connectivity index (χ3v) is 5.34. The van der Waals surface area contributed by atoms with E-state index in [2.05, 4.69) is 48.6 Å². The van der Waals surface area contributed by atoms with Crippen LogP contribution in [-0.2, 0) is 19.5 Å². The number of hydrogen-bond donors (Lipinski definition) is 1. The maximum atomic E-state index is 13.2. The van der Waals surface area contributed by atoms with Crippen LogP contribution in [0.1, 0.15) is 30.2 Å². The molecule has 1 N–H and O–H groups in total. The summed E-state index contributed by atoms with van der Waals surface area (Å²) < 4.78 is 13.2. The predicted molar refractivity (Wildman–Crippen MR) is 122 cm³/mol. The molecule has 0 aliphatic rings. The summed E-state index contributed by atoms with van der Waals surface area (Å²) in [5.74, 6) is -0.239. The quantitative estimate of drug-likeness (QED) is 0.407. The fourth-order valence-corrected chi connectivity index (χ4v) is 3.55. The van der Waals surface area contributed by atoms with Gasteiger partial charge < -0.3 is 5.32 Å². The lowest BCUT2D eigenvalue weighted by atomic mass is 10.1. The Morgan fingerprint density at radius 3 is 2.23 bits per heavy atom. The molecular weight excluding hydrogens is 387 g/mol. The first-order valence-corrected chi connectivity index (χ1v) is 10.7. The molecule has 5 heteroatoms. The van der Waals surface area contributed by atoms with E-state index in [-0.39, 0.29) is 5.82 Å². The van der Waals surface area contributed by atoms with Gasteiger partial charge in [0.05, 0.1) is 6.54 Å². The second-order valence-corrected chi connectivity index (χ2v) is 7.82. The van der Waals surface area contributed by atoms with Crippen LogP contribution in [0.4, 0.5) is 4.39 Å². The Kier molecular flexibility index (Phi) is 6.85. The highest BCUT2D eigenvalue weighted by molar-refractivity contribution is 5.60. The van der Waals surface area contributed by atoms with Crippen molar-refractivity contribution in [2.45, 2.75) is 38.9 Å². The first-order valence-electron chi connectivity index (χ1n) is 10.7. The maximum Gasteiger partial charge on any atom is 0.123 e. The van der Waals surface area contributed by atoms with Gasteiger partial charge >= 0.3 is 0 Å². The summed E-state index contributed by atoms with van der Waals surface area (Å²) in [5.41, 5.74) is 5.16. The van der Waals surface area contributed by atoms with E-state index in [9.17, 15) is 4.39 Å². The van der Waals surface area contributed by atoms with Gasteiger partial charge in [-0.3, -0.25) is 0 Å². The van der Waals surface area contributed by atoms with Crippen LogP contribution in [-0.4, -0.2) is 21.0 Å². The lowest BCUT2D eigenvalue weighted by Crippen LogP contribution is -2.26. The molecule has 0 radical (unpaired) electrons. The van der Waals surface area contributed by atoms with Crippen LogP contribution in [0.25, 0.3) is 11.3 Å². The van der Waals surface area contributed by atoms with E-state index < -0.39 is 0 Å². The highest BCUT2D eigenvalue weighted by atomic mass is 19.1. The summed E-state index contributed by atoms with van der Waals surface area (Å²) in [4.78, 5) is 1.70. The van der Waals surface area contributed by atoms with Crippen molar-refractivity contribution in [2.75, 3.05) is 0 Å². The minimum absolute atomic E-state index is 0.239. The molecule has 0 saturated heterocycles. The molecule has 0 bridgehead atoms. The molecule has 0 unspecified atom stereocenters. The number of aromatic nitrogens is 3. The van der Waals surface area contributed by atoms with E-state index in [0.29, 0.717) is 19.1 Å². The molecule has 3 aromatic carbocycles. The summed E-state index contributed by atoms with van der Waals surface area (Å²) in [6, 6.07) is 27.5. The van der Waals surface area contributed by atoms with E-state index in [0.717, 1.165) is 35.4 Å². The number of aryl methyl sites for hydroxylation is 1. The van der Waals surface area contributed by atoms with Gasteiger partial charge in [0.2, 0.25) is 0 Å². The van der Waals surface area contributed by atoms with Gasteiger partial charge in [-0.15, -0.1) is 0 Å². The smallest absolute Gasteiger partial charge is 0.123 e. The molecule has 4 rings (SSSR count). The molecule has 0 saturated carbocycles. The zero-order valence-corrected chi connectivity index (χ0v) is 17.7. The predicted octanol–water partition coefficient (Wildman–Crippen LogP) is 5.24. The molecule has 0 aliphatic carbocycles. The van der Waals surface area contributed by atoms with Crippen LogP contribution in [0.5, 0.6) is 0 Å². The minimum atomic E-state index is -0.239. The first kappa shape index (κ1) is 20.9. The fourth-order valence-electron chi connectivity index (χ4n) is 3.55. The summed E-state index contributed by atoms with van der Waals surface area (Å²) in [6.07, 6.45) is 2.09. The average molecular weight is 415 g/mol. The van der Waals surface area contributed by atoms with Gasteiger partial charge in [-0.25, -0.2) is 4.39 Å². The Balaban J connectivity index is 1.45. The zero-order valence-electron chi connectivity index (χ0n) is 17.7. The molecule has 1 heterocycles. The second kappa shape index (κ2) is 10.1. The number of rotatable bonds is 9. The molecule has 0 spiro atoms. The van der Waals surface area contributed by atoms with E-state index >= 15 is 0 Å². The van der Waals surface area contributed by atoms with Crippen molar-refractivity contribution in [3.05, 3.63) is 108 Å². The lowest BCUT2D eigenvalue weighted by Gasteiger charge is -2.13. The standard InChI is InChI=1S/C26H27FN4/c1-20(12-13-21-8-4-2-5-9-21)28-18-25-26(23-10-6-3-7-11-23)30-31(29-25)19-22-14-16-24(27)17-15-22/h2-11,14-17,20,28H,12-13,18-19H2,1H3/t20-/m0/s1. The van der Waals surface area contributed by atoms with Crippen LogP contribution in [0.15, 0.2) is 84.9 Å². The number of halogens is 1. The maximum absolute atomic E-state index is 13.2. The molecule has 31 heavy (non-hydrogen) atoms. The molecule has 0 amide bonds. The van der Waals surface area contributed by atoms with Crippen molar-refractivity contribution in [1.29, 1.82) is 0 Å². The third kappa shape index (κ3) is 5.86. The lowest BCUT2D eigenvalue weighted by molar-refractivity contribution is 0.503. The van der Waals surface area contributed by atoms with Gasteiger partial charge in [-0.05, 0) is 43.0 Å². The van der Waals surface area contributed by atoms with Gasteiger partial charge in [0.15, 0.2) is 0 Å². The van der Waals surface area contributed by atoms with Crippen molar-refractivity contribution in [3.63, 3.8) is 0 Å². The Labute approximate surface area is 182 Å². The van der Waals surface area contributed by atoms with Crippen LogP contribution in [0.3, 0.4) is 0 Å². The highest BCUT2D eigenvalue weighted by Crippen LogP contribution is 2.20. The normalized spacial score (nSPS) is 12.1. The minimum Gasteiger partial charge on any atom is -0.309 e. The van der Waals surface area contributed by atoms with E-state index in [1.165, 1.54) is 17.7 Å². The molecule has 4 aromatic rings. The van der Waals surface area contributed by atoms with Crippen molar-refractivity contribution < 1.29 is 4.39 Å². The van der Waals surface area contributed by atoms with E-state index in [4.69, 9.17) is 10.2 Å². The van der Waals surface area contributed by atoms with Crippen molar-refractivity contribution in [2.24, 2.45) is 0 Å². The number of nitrogens with one attached hydrogen (secondary N) is 1. The molecule has 1 aromatic heterocycles. The van der Waals surface area contributed by atoms with E-state index in [1.54, 1.807) is 16.9 Å². The number of benzene rings is 3. The first-order chi connectivity index (χ1) is 15.2. The van der Waals surface area contributed by atoms with Gasteiger partial charge in [0, 0.05) is 18.2 Å². The molecular formula is C26H27FN4. The molecule has 0 aliphatic heterocycles. The summed E-state index contributed by atoms with van der Waals surface area (Å²) in [7, 11) is 0. The van der Waals surface area contributed by atoms with Gasteiger partial charge in [0.1, 0.15) is 17.2 Å². The Bertz CT molecular complexity index is 1080. The van der Waals surface area contributed by atoms with Gasteiger partial charge in [-0.1, -0.05) is 72.8 Å². The SMILES string of the molecule is C[C@@H](CCc1ccccc1)NCc1nn(Cc2ccc(F)cc2)nc1-c1ccccc1. The molecule has 0 fully saturated rings. The molecule has 4 nitrogen and oxygen atoms in total. The van der Waals surface area contributed by atoms with E-state index in [1.807, 2.05) is 24.3 Å². The van der Waals surface area contributed by atoms with Crippen LogP contribution >= 0.6 is 0 Å². The highest BCUT2D eigenvalue weighted by Gasteiger charge is 2.14. The Morgan fingerprint density at radius 2 is 1.52 bits per heavy atom. The Morgan fingerprint density at radius 1 is 0.839 bits per heavy atom. The van der Waals surface area contributed by atoms with Crippen molar-refractivity contribution >= 4 is 0 Å². The number of nitrogens with zero attached hydrogens (tertiary/aromatic N) is 3. The summed E-state index contributed by atoms with van der Waals surface area (Å²) in [6.45, 7) is 3.35. The summed E-state index contributed by atoms with van der Waals surface area (Å²) in [5, 5.41) is 13.1. The van der Waals surface area contributed by atoms with Crippen LogP contribution < -0.4 is 5.32 Å². The van der Waals surface area contributed by atoms with Gasteiger partial charge in [-0.2, -0.15) is 15.0 Å². The van der Waals surface area contributed by atoms with Crippen molar-refractivity contribution in [3.8, 4) is 11.3 Å². The Hall–Kier alpha value is -3.31. The zero-order chi connectivity index (χ0) is 21.5. The topological polar surface area (TPSA) is 42.7 Å². The third-order valence-electron chi connectivity index (χ3n) is 5.34. The second-order valence-electron chi connectivity index (χ2n) is 7.82. The van der Waals surface area contributed by atoms with Crippen molar-refractivity contribution in [1.82, 2.24) is 20.3 Å². The van der Waals surface area contributed by atoms with Gasteiger partial charge in [0.25, 0.3) is 0 Å².